The standard InChI is InChI=1S/C12H10FNO3S2/c13-12-9-3-1-2-8(9)4-5-10(12)17-19(15,16)11-6-7-14-18-11/h4-7H,1-3H2. The van der Waals surface area contributed by atoms with Crippen LogP contribution < -0.4 is 4.18 Å². The molecule has 1 aromatic carbocycles. The second kappa shape index (κ2) is 4.57. The molecule has 0 atom stereocenters. The van der Waals surface area contributed by atoms with Gasteiger partial charge in [0.1, 0.15) is 0 Å². The molecular formula is C12H10FNO3S2. The van der Waals surface area contributed by atoms with Crippen molar-refractivity contribution in [1.29, 1.82) is 0 Å². The van der Waals surface area contributed by atoms with E-state index < -0.39 is 15.9 Å². The van der Waals surface area contributed by atoms with Crippen LogP contribution in [0.1, 0.15) is 17.5 Å². The summed E-state index contributed by atoms with van der Waals surface area (Å²) in [6, 6.07) is 4.42. The minimum atomic E-state index is -3.99. The van der Waals surface area contributed by atoms with Crippen LogP contribution in [0.5, 0.6) is 5.75 Å². The third kappa shape index (κ3) is 2.23. The fourth-order valence-electron chi connectivity index (χ4n) is 2.16. The zero-order valence-corrected chi connectivity index (χ0v) is 11.4. The fraction of sp³-hybridized carbons (Fsp3) is 0.250. The van der Waals surface area contributed by atoms with E-state index in [2.05, 4.69) is 4.37 Å². The third-order valence-corrected chi connectivity index (χ3v) is 5.44. The summed E-state index contributed by atoms with van der Waals surface area (Å²) in [5.41, 5.74) is 1.50. The molecule has 0 bridgehead atoms. The predicted molar refractivity (Wildman–Crippen MR) is 68.4 cm³/mol. The van der Waals surface area contributed by atoms with E-state index in [4.69, 9.17) is 4.18 Å². The minimum Gasteiger partial charge on any atom is -0.375 e. The number of nitrogens with zero attached hydrogens (tertiary/aromatic N) is 1. The molecule has 0 saturated carbocycles. The molecule has 0 radical (unpaired) electrons. The van der Waals surface area contributed by atoms with Gasteiger partial charge in [-0.25, -0.2) is 4.39 Å². The molecular weight excluding hydrogens is 289 g/mol. The minimum absolute atomic E-state index is 0.0348. The Bertz CT molecular complexity index is 711. The third-order valence-electron chi connectivity index (χ3n) is 3.04. The van der Waals surface area contributed by atoms with Gasteiger partial charge in [-0.05, 0) is 54.1 Å². The average Bonchev–Trinajstić information content (AvgIpc) is 3.02. The summed E-state index contributed by atoms with van der Waals surface area (Å²) in [5, 5.41) is 0. The summed E-state index contributed by atoms with van der Waals surface area (Å²) in [6.45, 7) is 0. The van der Waals surface area contributed by atoms with Gasteiger partial charge < -0.3 is 4.18 Å². The molecule has 1 heterocycles. The molecule has 0 fully saturated rings. The Labute approximate surface area is 114 Å². The molecule has 1 aliphatic carbocycles. The number of fused-ring (bicyclic) bond motifs is 1. The van der Waals surface area contributed by atoms with E-state index >= 15 is 0 Å². The molecule has 1 aliphatic rings. The maximum absolute atomic E-state index is 14.1. The number of hydrogen-bond acceptors (Lipinski definition) is 5. The SMILES string of the molecule is O=S(=O)(Oc1ccc2c(c1F)CCC2)c1ccns1. The molecule has 0 unspecified atom stereocenters. The van der Waals surface area contributed by atoms with Crippen LogP contribution in [-0.2, 0) is 23.0 Å². The largest absolute Gasteiger partial charge is 0.375 e. The Hall–Kier alpha value is -1.47. The van der Waals surface area contributed by atoms with E-state index in [9.17, 15) is 12.8 Å². The van der Waals surface area contributed by atoms with E-state index in [1.165, 1.54) is 18.3 Å². The summed E-state index contributed by atoms with van der Waals surface area (Å²) in [4.78, 5) is 0. The van der Waals surface area contributed by atoms with Crippen LogP contribution in [0.15, 0.2) is 28.6 Å². The first-order valence-electron chi connectivity index (χ1n) is 5.73. The quantitative estimate of drug-likeness (QED) is 0.817. The Kier molecular flexibility index (Phi) is 3.02. The van der Waals surface area contributed by atoms with Gasteiger partial charge in [-0.2, -0.15) is 12.8 Å². The first-order chi connectivity index (χ1) is 9.08. The predicted octanol–water partition coefficient (Wildman–Crippen LogP) is 2.54. The number of halogens is 1. The van der Waals surface area contributed by atoms with E-state index in [1.54, 1.807) is 6.07 Å². The van der Waals surface area contributed by atoms with E-state index in [0.717, 1.165) is 29.9 Å². The van der Waals surface area contributed by atoms with Crippen molar-refractivity contribution in [1.82, 2.24) is 4.37 Å². The van der Waals surface area contributed by atoms with Gasteiger partial charge in [0.25, 0.3) is 0 Å². The lowest BCUT2D eigenvalue weighted by Gasteiger charge is -2.08. The van der Waals surface area contributed by atoms with Gasteiger partial charge in [-0.3, -0.25) is 0 Å². The van der Waals surface area contributed by atoms with Gasteiger partial charge in [0, 0.05) is 6.20 Å². The Balaban J connectivity index is 1.97. The van der Waals surface area contributed by atoms with Gasteiger partial charge in [-0.1, -0.05) is 6.07 Å². The van der Waals surface area contributed by atoms with Crippen molar-refractivity contribution in [2.24, 2.45) is 0 Å². The summed E-state index contributed by atoms with van der Waals surface area (Å²) in [6.07, 6.45) is 3.70. The van der Waals surface area contributed by atoms with Gasteiger partial charge in [-0.15, -0.1) is 0 Å². The number of aryl methyl sites for hydroxylation is 1. The first-order valence-corrected chi connectivity index (χ1v) is 7.91. The lowest BCUT2D eigenvalue weighted by molar-refractivity contribution is 0.460. The monoisotopic (exact) mass is 299 g/mol. The molecule has 0 spiro atoms. The van der Waals surface area contributed by atoms with Crippen LogP contribution in [0.4, 0.5) is 4.39 Å². The second-order valence-electron chi connectivity index (χ2n) is 4.24. The van der Waals surface area contributed by atoms with Gasteiger partial charge in [0.2, 0.25) is 0 Å². The smallest absolute Gasteiger partial charge is 0.350 e. The Morgan fingerprint density at radius 3 is 2.84 bits per heavy atom. The molecule has 100 valence electrons. The Morgan fingerprint density at radius 2 is 2.11 bits per heavy atom. The highest BCUT2D eigenvalue weighted by molar-refractivity contribution is 7.89. The maximum Gasteiger partial charge on any atom is 0.350 e. The highest BCUT2D eigenvalue weighted by Gasteiger charge is 2.24. The molecule has 0 aliphatic heterocycles. The van der Waals surface area contributed by atoms with Gasteiger partial charge in [0.15, 0.2) is 15.8 Å². The Morgan fingerprint density at radius 1 is 1.26 bits per heavy atom. The molecule has 0 N–H and O–H groups in total. The second-order valence-corrected chi connectivity index (χ2v) is 6.84. The molecule has 7 heteroatoms. The van der Waals surface area contributed by atoms with E-state index in [-0.39, 0.29) is 9.96 Å². The fourth-order valence-corrected chi connectivity index (χ4v) is 3.77. The molecule has 3 rings (SSSR count). The first kappa shape index (κ1) is 12.6. The molecule has 0 amide bonds. The highest BCUT2D eigenvalue weighted by atomic mass is 32.3. The van der Waals surface area contributed by atoms with Crippen molar-refractivity contribution in [3.8, 4) is 5.75 Å². The summed E-state index contributed by atoms with van der Waals surface area (Å²) in [7, 11) is -3.99. The molecule has 2 aromatic rings. The number of rotatable bonds is 3. The summed E-state index contributed by atoms with van der Waals surface area (Å²) < 4.78 is 46.5. The zero-order valence-electron chi connectivity index (χ0n) is 9.80. The number of aromatic nitrogens is 1. The van der Waals surface area contributed by atoms with Crippen molar-refractivity contribution in [3.63, 3.8) is 0 Å². The molecule has 1 aromatic heterocycles. The van der Waals surface area contributed by atoms with Crippen molar-refractivity contribution >= 4 is 21.7 Å². The van der Waals surface area contributed by atoms with Crippen molar-refractivity contribution in [2.45, 2.75) is 23.5 Å². The van der Waals surface area contributed by atoms with Gasteiger partial charge >= 0.3 is 10.1 Å². The van der Waals surface area contributed by atoms with Crippen LogP contribution in [0.2, 0.25) is 0 Å². The van der Waals surface area contributed by atoms with Gasteiger partial charge in [0.05, 0.1) is 0 Å². The summed E-state index contributed by atoms with van der Waals surface area (Å²) in [5.74, 6) is -0.808. The highest BCUT2D eigenvalue weighted by Crippen LogP contribution is 2.32. The topological polar surface area (TPSA) is 56.3 Å². The normalized spacial score (nSPS) is 14.4. The van der Waals surface area contributed by atoms with E-state index in [0.29, 0.717) is 12.0 Å². The van der Waals surface area contributed by atoms with Crippen LogP contribution in [-0.4, -0.2) is 12.8 Å². The summed E-state index contributed by atoms with van der Waals surface area (Å²) >= 11 is 0.795. The number of benzene rings is 1. The average molecular weight is 299 g/mol. The van der Waals surface area contributed by atoms with Crippen LogP contribution >= 0.6 is 11.5 Å². The van der Waals surface area contributed by atoms with Crippen LogP contribution in [0.25, 0.3) is 0 Å². The molecule has 0 saturated heterocycles. The van der Waals surface area contributed by atoms with Crippen LogP contribution in [0.3, 0.4) is 0 Å². The van der Waals surface area contributed by atoms with Crippen LogP contribution in [0, 0.1) is 5.82 Å². The molecule has 4 nitrogen and oxygen atoms in total. The zero-order chi connectivity index (χ0) is 13.5. The lowest BCUT2D eigenvalue weighted by atomic mass is 10.1. The van der Waals surface area contributed by atoms with E-state index in [1.807, 2.05) is 0 Å². The van der Waals surface area contributed by atoms with Crippen molar-refractivity contribution < 1.29 is 17.0 Å². The number of hydrogen-bond donors (Lipinski definition) is 0. The van der Waals surface area contributed by atoms with Crippen molar-refractivity contribution in [3.05, 3.63) is 41.3 Å². The molecule has 19 heavy (non-hydrogen) atoms. The maximum atomic E-state index is 14.1. The lowest BCUT2D eigenvalue weighted by Crippen LogP contribution is -2.10. The van der Waals surface area contributed by atoms with Crippen molar-refractivity contribution in [2.75, 3.05) is 0 Å².